The Balaban J connectivity index is 2.33. The third-order valence-electron chi connectivity index (χ3n) is 3.68. The number of nitrogens with zero attached hydrogens (tertiary/aromatic N) is 1. The van der Waals surface area contributed by atoms with E-state index in [0.717, 1.165) is 31.4 Å². The fourth-order valence-electron chi connectivity index (χ4n) is 2.36. The van der Waals surface area contributed by atoms with Gasteiger partial charge in [-0.1, -0.05) is 6.07 Å². The van der Waals surface area contributed by atoms with Crippen molar-refractivity contribution < 1.29 is 22.4 Å². The number of amides is 1. The molecule has 2 rings (SSSR count). The predicted octanol–water partition coefficient (Wildman–Crippen LogP) is 2.80. The first kappa shape index (κ1) is 15.8. The zero-order valence-electron chi connectivity index (χ0n) is 11.3. The van der Waals surface area contributed by atoms with Gasteiger partial charge in [0.1, 0.15) is 5.82 Å². The van der Waals surface area contributed by atoms with Gasteiger partial charge in [0.05, 0.1) is 11.1 Å². The Hall–Kier alpha value is -1.63. The summed E-state index contributed by atoms with van der Waals surface area (Å²) in [5.74, 6) is -2.25. The number of halogens is 4. The van der Waals surface area contributed by atoms with Gasteiger partial charge >= 0.3 is 6.18 Å². The molecule has 0 radical (unpaired) electrons. The summed E-state index contributed by atoms with van der Waals surface area (Å²) >= 11 is 0. The molecule has 1 aromatic carbocycles. The fourth-order valence-corrected chi connectivity index (χ4v) is 2.36. The standard InChI is InChI=1S/C14H16F4N2O/c15-12-10(5-2-6-11(12)14(16,17)18)13(21)20(8-7-19)9-3-1-4-9/h2,5-6,9H,1,3-4,7-8,19H2. The number of carbonyl (C=O) groups is 1. The zero-order valence-corrected chi connectivity index (χ0v) is 11.3. The molecule has 0 saturated heterocycles. The lowest BCUT2D eigenvalue weighted by Crippen LogP contribution is -2.46. The van der Waals surface area contributed by atoms with E-state index in [-0.39, 0.29) is 19.1 Å². The van der Waals surface area contributed by atoms with Crippen molar-refractivity contribution in [3.63, 3.8) is 0 Å². The van der Waals surface area contributed by atoms with Gasteiger partial charge in [-0.15, -0.1) is 0 Å². The summed E-state index contributed by atoms with van der Waals surface area (Å²) in [5.41, 5.74) is 3.46. The van der Waals surface area contributed by atoms with Crippen LogP contribution < -0.4 is 5.73 Å². The smallest absolute Gasteiger partial charge is 0.334 e. The van der Waals surface area contributed by atoms with Crippen LogP contribution in [0.1, 0.15) is 35.2 Å². The lowest BCUT2D eigenvalue weighted by Gasteiger charge is -2.37. The van der Waals surface area contributed by atoms with Gasteiger partial charge in [-0.25, -0.2) is 4.39 Å². The summed E-state index contributed by atoms with van der Waals surface area (Å²) in [4.78, 5) is 13.7. The Morgan fingerprint density at radius 2 is 2.00 bits per heavy atom. The molecule has 1 saturated carbocycles. The highest BCUT2D eigenvalue weighted by Crippen LogP contribution is 2.33. The largest absolute Gasteiger partial charge is 0.419 e. The summed E-state index contributed by atoms with van der Waals surface area (Å²) in [6, 6.07) is 2.69. The molecule has 0 unspecified atom stereocenters. The summed E-state index contributed by atoms with van der Waals surface area (Å²) in [6.07, 6.45) is -2.34. The van der Waals surface area contributed by atoms with Crippen LogP contribution >= 0.6 is 0 Å². The van der Waals surface area contributed by atoms with Crippen LogP contribution in [-0.4, -0.2) is 29.9 Å². The van der Waals surface area contributed by atoms with Crippen molar-refractivity contribution >= 4 is 5.91 Å². The Kier molecular flexibility index (Phi) is 4.51. The summed E-state index contributed by atoms with van der Waals surface area (Å²) < 4.78 is 52.1. The number of nitrogens with two attached hydrogens (primary N) is 1. The summed E-state index contributed by atoms with van der Waals surface area (Å²) in [7, 11) is 0. The lowest BCUT2D eigenvalue weighted by molar-refractivity contribution is -0.140. The third-order valence-corrected chi connectivity index (χ3v) is 3.68. The van der Waals surface area contributed by atoms with Crippen LogP contribution in [-0.2, 0) is 6.18 Å². The van der Waals surface area contributed by atoms with Crippen molar-refractivity contribution in [2.45, 2.75) is 31.5 Å². The second-order valence-corrected chi connectivity index (χ2v) is 5.04. The predicted molar refractivity (Wildman–Crippen MR) is 69.1 cm³/mol. The molecule has 2 N–H and O–H groups in total. The second kappa shape index (κ2) is 6.01. The van der Waals surface area contributed by atoms with Crippen molar-refractivity contribution in [3.05, 3.63) is 35.1 Å². The average molecular weight is 304 g/mol. The van der Waals surface area contributed by atoms with Gasteiger partial charge < -0.3 is 10.6 Å². The van der Waals surface area contributed by atoms with Crippen molar-refractivity contribution in [2.24, 2.45) is 5.73 Å². The molecular formula is C14H16F4N2O. The monoisotopic (exact) mass is 304 g/mol. The molecule has 0 heterocycles. The number of rotatable bonds is 4. The van der Waals surface area contributed by atoms with Gasteiger partial charge in [-0.05, 0) is 31.4 Å². The molecule has 3 nitrogen and oxygen atoms in total. The Bertz CT molecular complexity index is 526. The minimum absolute atomic E-state index is 0.0602. The number of alkyl halides is 3. The molecule has 1 aliphatic carbocycles. The molecule has 0 spiro atoms. The highest BCUT2D eigenvalue weighted by Gasteiger charge is 2.37. The number of hydrogen-bond acceptors (Lipinski definition) is 2. The minimum atomic E-state index is -4.82. The molecule has 1 aromatic rings. The van der Waals surface area contributed by atoms with E-state index >= 15 is 0 Å². The first-order chi connectivity index (χ1) is 9.86. The molecule has 7 heteroatoms. The fraction of sp³-hybridized carbons (Fsp3) is 0.500. The first-order valence-electron chi connectivity index (χ1n) is 6.73. The molecular weight excluding hydrogens is 288 g/mol. The maximum atomic E-state index is 14.0. The Morgan fingerprint density at radius 3 is 2.48 bits per heavy atom. The zero-order chi connectivity index (χ0) is 15.6. The van der Waals surface area contributed by atoms with Crippen LogP contribution in [0.4, 0.5) is 17.6 Å². The molecule has 1 fully saturated rings. The maximum absolute atomic E-state index is 14.0. The summed E-state index contributed by atoms with van der Waals surface area (Å²) in [5, 5.41) is 0. The van der Waals surface area contributed by atoms with Crippen LogP contribution in [0, 0.1) is 5.82 Å². The van der Waals surface area contributed by atoms with Gasteiger partial charge in [0.2, 0.25) is 0 Å². The molecule has 0 aliphatic heterocycles. The van der Waals surface area contributed by atoms with Crippen molar-refractivity contribution in [1.82, 2.24) is 4.90 Å². The van der Waals surface area contributed by atoms with Crippen molar-refractivity contribution in [1.29, 1.82) is 0 Å². The van der Waals surface area contributed by atoms with E-state index in [2.05, 4.69) is 0 Å². The maximum Gasteiger partial charge on any atom is 0.419 e. The number of hydrogen-bond donors (Lipinski definition) is 1. The molecule has 1 aliphatic rings. The number of carbonyl (C=O) groups excluding carboxylic acids is 1. The first-order valence-corrected chi connectivity index (χ1v) is 6.73. The van der Waals surface area contributed by atoms with Crippen LogP contribution in [0.2, 0.25) is 0 Å². The second-order valence-electron chi connectivity index (χ2n) is 5.04. The molecule has 21 heavy (non-hydrogen) atoms. The van der Waals surface area contributed by atoms with Crippen LogP contribution in [0.5, 0.6) is 0 Å². The van der Waals surface area contributed by atoms with E-state index in [9.17, 15) is 22.4 Å². The topological polar surface area (TPSA) is 46.3 Å². The van der Waals surface area contributed by atoms with E-state index in [1.807, 2.05) is 0 Å². The van der Waals surface area contributed by atoms with Crippen molar-refractivity contribution in [3.8, 4) is 0 Å². The quantitative estimate of drug-likeness (QED) is 0.870. The molecule has 0 bridgehead atoms. The number of benzene rings is 1. The van der Waals surface area contributed by atoms with E-state index in [0.29, 0.717) is 6.07 Å². The highest BCUT2D eigenvalue weighted by atomic mass is 19.4. The molecule has 116 valence electrons. The normalized spacial score (nSPS) is 15.7. The van der Waals surface area contributed by atoms with E-state index in [1.165, 1.54) is 4.90 Å². The Morgan fingerprint density at radius 1 is 1.33 bits per heavy atom. The lowest BCUT2D eigenvalue weighted by atomic mass is 9.90. The van der Waals surface area contributed by atoms with E-state index in [1.54, 1.807) is 0 Å². The van der Waals surface area contributed by atoms with Gasteiger partial charge in [-0.3, -0.25) is 4.79 Å². The van der Waals surface area contributed by atoms with Crippen LogP contribution in [0.25, 0.3) is 0 Å². The van der Waals surface area contributed by atoms with Gasteiger partial charge in [0.25, 0.3) is 5.91 Å². The van der Waals surface area contributed by atoms with Crippen LogP contribution in [0.15, 0.2) is 18.2 Å². The SMILES string of the molecule is NCCN(C(=O)c1cccc(C(F)(F)F)c1F)C1CCC1. The third kappa shape index (κ3) is 3.18. The van der Waals surface area contributed by atoms with Gasteiger partial charge in [-0.2, -0.15) is 13.2 Å². The Labute approximate surface area is 119 Å². The average Bonchev–Trinajstić information content (AvgIpc) is 2.34. The highest BCUT2D eigenvalue weighted by molar-refractivity contribution is 5.95. The minimum Gasteiger partial charge on any atom is -0.334 e. The molecule has 0 aromatic heterocycles. The van der Waals surface area contributed by atoms with E-state index in [4.69, 9.17) is 5.73 Å². The van der Waals surface area contributed by atoms with Crippen LogP contribution in [0.3, 0.4) is 0 Å². The summed E-state index contributed by atoms with van der Waals surface area (Å²) in [6.45, 7) is 0.391. The van der Waals surface area contributed by atoms with Gasteiger partial charge in [0.15, 0.2) is 0 Å². The molecule has 1 amide bonds. The van der Waals surface area contributed by atoms with E-state index < -0.39 is 29.0 Å². The van der Waals surface area contributed by atoms with Crippen molar-refractivity contribution in [2.75, 3.05) is 13.1 Å². The molecule has 0 atom stereocenters. The van der Waals surface area contributed by atoms with Gasteiger partial charge in [0, 0.05) is 19.1 Å².